The van der Waals surface area contributed by atoms with Crippen LogP contribution >= 0.6 is 11.6 Å². The molecule has 0 radical (unpaired) electrons. The molecule has 1 N–H and O–H groups in total. The molecule has 0 atom stereocenters. The third-order valence-electron chi connectivity index (χ3n) is 5.22. The smallest absolute Gasteiger partial charge is 0.262 e. The lowest BCUT2D eigenvalue weighted by Gasteiger charge is -2.10. The molecule has 0 unspecified atom stereocenters. The largest absolute Gasteiger partial charge is 0.484 e. The quantitative estimate of drug-likeness (QED) is 0.385. The molecule has 0 saturated heterocycles. The number of hydrogen-bond acceptors (Lipinski definition) is 6. The molecule has 34 heavy (non-hydrogen) atoms. The Morgan fingerprint density at radius 1 is 0.971 bits per heavy atom. The third kappa shape index (κ3) is 5.52. The third-order valence-corrected chi connectivity index (χ3v) is 5.47. The Morgan fingerprint density at radius 2 is 1.65 bits per heavy atom. The highest BCUT2D eigenvalue weighted by molar-refractivity contribution is 6.30. The fourth-order valence-electron chi connectivity index (χ4n) is 3.23. The fourth-order valence-corrected chi connectivity index (χ4v) is 3.36. The van der Waals surface area contributed by atoms with Gasteiger partial charge in [0.1, 0.15) is 17.3 Å². The van der Waals surface area contributed by atoms with Gasteiger partial charge < -0.3 is 14.8 Å². The van der Waals surface area contributed by atoms with Crippen LogP contribution in [0.1, 0.15) is 22.8 Å². The number of anilines is 1. The number of benzene rings is 2. The molecule has 0 aliphatic rings. The molecule has 0 bridgehead atoms. The Balaban J connectivity index is 1.39. The van der Waals surface area contributed by atoms with Crippen LogP contribution in [0.15, 0.2) is 54.6 Å². The van der Waals surface area contributed by atoms with E-state index < -0.39 is 0 Å². The number of rotatable bonds is 7. The van der Waals surface area contributed by atoms with E-state index >= 15 is 0 Å². The lowest BCUT2D eigenvalue weighted by Crippen LogP contribution is -2.20. The zero-order valence-corrected chi connectivity index (χ0v) is 20.1. The average Bonchev–Trinajstić information content (AvgIpc) is 3.07. The van der Waals surface area contributed by atoms with Crippen LogP contribution < -0.4 is 14.8 Å². The normalized spacial score (nSPS) is 10.7. The van der Waals surface area contributed by atoms with E-state index in [1.165, 1.54) is 0 Å². The predicted octanol–water partition coefficient (Wildman–Crippen LogP) is 5.36. The molecule has 4 aromatic rings. The lowest BCUT2D eigenvalue weighted by molar-refractivity contribution is -0.118. The first-order valence-electron chi connectivity index (χ1n) is 10.6. The van der Waals surface area contributed by atoms with Gasteiger partial charge in [-0.25, -0.2) is 9.67 Å². The highest BCUT2D eigenvalue weighted by Crippen LogP contribution is 2.24. The van der Waals surface area contributed by atoms with Gasteiger partial charge in [-0.1, -0.05) is 11.6 Å². The van der Waals surface area contributed by atoms with E-state index in [-0.39, 0.29) is 12.5 Å². The minimum absolute atomic E-state index is 0.116. The topological polar surface area (TPSA) is 91.2 Å². The average molecular weight is 478 g/mol. The van der Waals surface area contributed by atoms with Crippen molar-refractivity contribution in [2.24, 2.45) is 0 Å². The molecule has 8 nitrogen and oxygen atoms in total. The van der Waals surface area contributed by atoms with Crippen LogP contribution in [0, 0.1) is 27.7 Å². The second-order valence-electron chi connectivity index (χ2n) is 7.74. The first kappa shape index (κ1) is 23.3. The zero-order chi connectivity index (χ0) is 24.2. The molecular weight excluding hydrogens is 454 g/mol. The second-order valence-corrected chi connectivity index (χ2v) is 8.17. The van der Waals surface area contributed by atoms with Crippen molar-refractivity contribution in [2.75, 3.05) is 11.9 Å². The van der Waals surface area contributed by atoms with Gasteiger partial charge in [0.2, 0.25) is 5.88 Å². The van der Waals surface area contributed by atoms with Crippen molar-refractivity contribution >= 4 is 23.2 Å². The number of halogens is 1. The van der Waals surface area contributed by atoms with Crippen molar-refractivity contribution in [3.05, 3.63) is 82.4 Å². The van der Waals surface area contributed by atoms with Crippen molar-refractivity contribution in [1.29, 1.82) is 0 Å². The van der Waals surface area contributed by atoms with Crippen LogP contribution in [0.25, 0.3) is 5.82 Å². The van der Waals surface area contributed by atoms with E-state index in [2.05, 4.69) is 20.4 Å². The van der Waals surface area contributed by atoms with Gasteiger partial charge in [-0.15, -0.1) is 0 Å². The first-order chi connectivity index (χ1) is 16.3. The number of ether oxygens (including phenoxy) is 2. The summed E-state index contributed by atoms with van der Waals surface area (Å²) in [6, 6.07) is 15.6. The summed E-state index contributed by atoms with van der Waals surface area (Å²) in [6.07, 6.45) is 0. The molecule has 0 saturated carbocycles. The number of aryl methyl sites for hydroxylation is 2. The van der Waals surface area contributed by atoms with Crippen molar-refractivity contribution in [3.8, 4) is 23.2 Å². The molecule has 4 rings (SSSR count). The fraction of sp³-hybridized carbons (Fsp3) is 0.200. The standard InChI is InChI=1S/C25H24ClN5O3/c1-15-16(2)30-31(17(15)3)23-13-25(28-18(4)27-23)34-22-11-7-20(8-12-22)29-24(32)14-33-21-9-5-19(26)6-10-21/h5-13H,14H2,1-4H3,(H,29,32). The number of aromatic nitrogens is 4. The Kier molecular flexibility index (Phi) is 6.79. The molecule has 9 heteroatoms. The minimum atomic E-state index is -0.278. The SMILES string of the molecule is Cc1nc(Oc2ccc(NC(=O)COc3ccc(Cl)cc3)cc2)cc(-n2nc(C)c(C)c2C)n1. The number of carbonyl (C=O) groups is 1. The Morgan fingerprint density at radius 3 is 2.29 bits per heavy atom. The van der Waals surface area contributed by atoms with Crippen molar-refractivity contribution in [3.63, 3.8) is 0 Å². The summed E-state index contributed by atoms with van der Waals surface area (Å²) in [5.41, 5.74) is 3.71. The summed E-state index contributed by atoms with van der Waals surface area (Å²) in [4.78, 5) is 21.0. The van der Waals surface area contributed by atoms with Gasteiger partial charge in [0.25, 0.3) is 5.91 Å². The molecule has 0 fully saturated rings. The van der Waals surface area contributed by atoms with Gasteiger partial charge >= 0.3 is 0 Å². The van der Waals surface area contributed by atoms with E-state index in [1.807, 2.05) is 20.8 Å². The van der Waals surface area contributed by atoms with Gasteiger partial charge in [-0.05, 0) is 81.8 Å². The summed E-state index contributed by atoms with van der Waals surface area (Å²) < 4.78 is 13.2. The summed E-state index contributed by atoms with van der Waals surface area (Å²) >= 11 is 5.85. The molecule has 1 amide bonds. The summed E-state index contributed by atoms with van der Waals surface area (Å²) in [6.45, 7) is 7.69. The maximum absolute atomic E-state index is 12.2. The highest BCUT2D eigenvalue weighted by Gasteiger charge is 2.13. The van der Waals surface area contributed by atoms with Gasteiger partial charge in [-0.2, -0.15) is 10.1 Å². The summed E-state index contributed by atoms with van der Waals surface area (Å²) in [5, 5.41) is 7.95. The summed E-state index contributed by atoms with van der Waals surface area (Å²) in [7, 11) is 0. The van der Waals surface area contributed by atoms with Crippen LogP contribution in [-0.2, 0) is 4.79 Å². The van der Waals surface area contributed by atoms with Crippen molar-refractivity contribution in [1.82, 2.24) is 19.7 Å². The molecule has 0 aliphatic heterocycles. The Bertz CT molecular complexity index is 1320. The lowest BCUT2D eigenvalue weighted by atomic mass is 10.2. The van der Waals surface area contributed by atoms with Crippen LogP contribution in [0.2, 0.25) is 5.02 Å². The predicted molar refractivity (Wildman–Crippen MR) is 130 cm³/mol. The molecular formula is C25H24ClN5O3. The monoisotopic (exact) mass is 477 g/mol. The van der Waals surface area contributed by atoms with Crippen LogP contribution in [-0.4, -0.2) is 32.3 Å². The first-order valence-corrected chi connectivity index (χ1v) is 11.0. The molecule has 2 aromatic carbocycles. The minimum Gasteiger partial charge on any atom is -0.484 e. The zero-order valence-electron chi connectivity index (χ0n) is 19.3. The molecule has 2 heterocycles. The molecule has 0 aliphatic carbocycles. The van der Waals surface area contributed by atoms with Gasteiger partial charge in [-0.3, -0.25) is 4.79 Å². The highest BCUT2D eigenvalue weighted by atomic mass is 35.5. The van der Waals surface area contributed by atoms with Crippen molar-refractivity contribution in [2.45, 2.75) is 27.7 Å². The number of amides is 1. The van der Waals surface area contributed by atoms with Crippen LogP contribution in [0.5, 0.6) is 17.4 Å². The maximum atomic E-state index is 12.2. The van der Waals surface area contributed by atoms with Crippen LogP contribution in [0.3, 0.4) is 0 Å². The van der Waals surface area contributed by atoms with E-state index in [1.54, 1.807) is 66.2 Å². The maximum Gasteiger partial charge on any atom is 0.262 e. The number of hydrogen-bond donors (Lipinski definition) is 1. The van der Waals surface area contributed by atoms with Gasteiger partial charge in [0, 0.05) is 22.5 Å². The van der Waals surface area contributed by atoms with Crippen molar-refractivity contribution < 1.29 is 14.3 Å². The number of carbonyl (C=O) groups excluding carboxylic acids is 1. The molecule has 2 aromatic heterocycles. The number of nitrogens with zero attached hydrogens (tertiary/aromatic N) is 4. The molecule has 0 spiro atoms. The van der Waals surface area contributed by atoms with E-state index in [9.17, 15) is 4.79 Å². The Labute approximate surface area is 202 Å². The van der Waals surface area contributed by atoms with E-state index in [0.717, 1.165) is 17.0 Å². The summed E-state index contributed by atoms with van der Waals surface area (Å²) in [5.74, 6) is 2.48. The van der Waals surface area contributed by atoms with Crippen LogP contribution in [0.4, 0.5) is 5.69 Å². The van der Waals surface area contributed by atoms with Gasteiger partial charge in [0.15, 0.2) is 12.4 Å². The van der Waals surface area contributed by atoms with E-state index in [0.29, 0.717) is 39.7 Å². The number of nitrogens with one attached hydrogen (secondary N) is 1. The van der Waals surface area contributed by atoms with Gasteiger partial charge in [0.05, 0.1) is 5.69 Å². The molecule has 174 valence electrons. The second kappa shape index (κ2) is 9.93. The Hall–Kier alpha value is -3.91. The van der Waals surface area contributed by atoms with E-state index in [4.69, 9.17) is 21.1 Å².